The van der Waals surface area contributed by atoms with Crippen molar-refractivity contribution in [1.82, 2.24) is 15.6 Å². The quantitative estimate of drug-likeness (QED) is 0.401. The molecule has 33 heavy (non-hydrogen) atoms. The van der Waals surface area contributed by atoms with Gasteiger partial charge in [-0.05, 0) is 29.5 Å². The predicted molar refractivity (Wildman–Crippen MR) is 121 cm³/mol. The second-order valence-electron chi connectivity index (χ2n) is 7.98. The van der Waals surface area contributed by atoms with Crippen LogP contribution in [0.2, 0.25) is 0 Å². The highest BCUT2D eigenvalue weighted by Crippen LogP contribution is 2.22. The lowest BCUT2D eigenvalue weighted by Gasteiger charge is -2.25. The fourth-order valence-corrected chi connectivity index (χ4v) is 3.13. The van der Waals surface area contributed by atoms with Crippen LogP contribution in [0.3, 0.4) is 0 Å². The van der Waals surface area contributed by atoms with Crippen molar-refractivity contribution in [2.45, 2.75) is 45.6 Å². The summed E-state index contributed by atoms with van der Waals surface area (Å²) in [6, 6.07) is 8.75. The van der Waals surface area contributed by atoms with Crippen LogP contribution in [-0.2, 0) is 20.8 Å². The van der Waals surface area contributed by atoms with E-state index in [-0.39, 0.29) is 17.8 Å². The number of pyridine rings is 1. The number of nitrogens with one attached hydrogen (secondary N) is 3. The summed E-state index contributed by atoms with van der Waals surface area (Å²) in [6.45, 7) is 4.61. The summed E-state index contributed by atoms with van der Waals surface area (Å²) in [7, 11) is 0. The van der Waals surface area contributed by atoms with E-state index < -0.39 is 47.5 Å². The van der Waals surface area contributed by atoms with Crippen LogP contribution < -0.4 is 21.9 Å². The van der Waals surface area contributed by atoms with Crippen molar-refractivity contribution < 1.29 is 23.2 Å². The van der Waals surface area contributed by atoms with E-state index in [1.165, 1.54) is 19.9 Å². The van der Waals surface area contributed by atoms with Gasteiger partial charge in [0, 0.05) is 12.2 Å². The van der Waals surface area contributed by atoms with E-state index in [2.05, 4.69) is 10.3 Å². The van der Waals surface area contributed by atoms with Crippen molar-refractivity contribution in [3.8, 4) is 11.3 Å². The minimum Gasteiger partial charge on any atom is -0.394 e. The molecule has 178 valence electrons. The van der Waals surface area contributed by atoms with Crippen LogP contribution in [0.4, 0.5) is 14.5 Å². The Labute approximate surface area is 190 Å². The zero-order valence-corrected chi connectivity index (χ0v) is 18.7. The summed E-state index contributed by atoms with van der Waals surface area (Å²) in [6.07, 6.45) is 0.00262. The number of halogens is 2. The lowest BCUT2D eigenvalue weighted by atomic mass is 9.95. The average Bonchev–Trinajstić information content (AvgIpc) is 2.78. The van der Waals surface area contributed by atoms with E-state index in [0.29, 0.717) is 17.7 Å². The Hall–Kier alpha value is -3.56. The number of ketones is 1. The van der Waals surface area contributed by atoms with Gasteiger partial charge in [-0.15, -0.1) is 0 Å². The molecule has 0 aliphatic rings. The molecule has 1 aromatic heterocycles. The zero-order chi connectivity index (χ0) is 24.8. The van der Waals surface area contributed by atoms with Crippen LogP contribution in [0.15, 0.2) is 41.2 Å². The molecule has 8 nitrogen and oxygen atoms in total. The van der Waals surface area contributed by atoms with Crippen molar-refractivity contribution in [3.63, 3.8) is 0 Å². The van der Waals surface area contributed by atoms with Crippen molar-refractivity contribution in [3.05, 3.63) is 52.3 Å². The molecule has 0 fully saturated rings. The number of Topliss-reactive ketones (excluding diaryl/α,β-unsaturated/α-hetero) is 1. The molecule has 2 rings (SSSR count). The van der Waals surface area contributed by atoms with Gasteiger partial charge in [0.25, 0.3) is 11.5 Å². The first kappa shape index (κ1) is 25.7. The third kappa shape index (κ3) is 6.24. The molecule has 0 saturated carbocycles. The van der Waals surface area contributed by atoms with Crippen LogP contribution in [0, 0.1) is 5.92 Å². The fraction of sp³-hybridized carbons (Fsp3) is 0.391. The molecule has 1 unspecified atom stereocenters. The maximum absolute atomic E-state index is 14.4. The van der Waals surface area contributed by atoms with Gasteiger partial charge in [0.2, 0.25) is 11.7 Å². The first-order chi connectivity index (χ1) is 15.5. The Balaban J connectivity index is 2.24. The third-order valence-corrected chi connectivity index (χ3v) is 4.99. The second-order valence-corrected chi connectivity index (χ2v) is 7.98. The Morgan fingerprint density at radius 1 is 1.15 bits per heavy atom. The van der Waals surface area contributed by atoms with Gasteiger partial charge in [-0.1, -0.05) is 51.1 Å². The maximum Gasteiger partial charge on any atom is 0.383 e. The first-order valence-corrected chi connectivity index (χ1v) is 10.6. The van der Waals surface area contributed by atoms with Gasteiger partial charge >= 0.3 is 5.92 Å². The third-order valence-electron chi connectivity index (χ3n) is 4.99. The van der Waals surface area contributed by atoms with Gasteiger partial charge < -0.3 is 21.4 Å². The molecule has 1 heterocycles. The highest BCUT2D eigenvalue weighted by atomic mass is 19.3. The van der Waals surface area contributed by atoms with Crippen LogP contribution in [0.5, 0.6) is 0 Å². The number of carbonyl (C=O) groups is 3. The Bertz CT molecular complexity index is 1070. The normalized spacial score (nSPS) is 12.3. The standard InChI is InChI=1S/C23H28F2N4O4/c1-4-10-27-22(33)23(24,25)20(31)19(13(2)3)29-17(30)12-15-11-16(28-21(32)18(15)26)14-8-6-5-7-9-14/h5-9,11,13,19H,4,10,12,26H2,1-3H3,(H,27,33)(H,28,32)(H,29,30). The molecule has 0 saturated heterocycles. The summed E-state index contributed by atoms with van der Waals surface area (Å²) >= 11 is 0. The smallest absolute Gasteiger partial charge is 0.383 e. The molecule has 1 atom stereocenters. The van der Waals surface area contributed by atoms with E-state index in [9.17, 15) is 28.0 Å². The van der Waals surface area contributed by atoms with Crippen molar-refractivity contribution in [2.24, 2.45) is 5.92 Å². The number of aromatic nitrogens is 1. The van der Waals surface area contributed by atoms with E-state index in [1.54, 1.807) is 37.3 Å². The Morgan fingerprint density at radius 3 is 2.36 bits per heavy atom. The van der Waals surface area contributed by atoms with E-state index in [4.69, 9.17) is 5.73 Å². The van der Waals surface area contributed by atoms with Gasteiger partial charge in [-0.3, -0.25) is 19.2 Å². The molecule has 0 aliphatic carbocycles. The molecule has 0 bridgehead atoms. The van der Waals surface area contributed by atoms with Crippen molar-refractivity contribution >= 4 is 23.3 Å². The average molecular weight is 462 g/mol. The molecule has 0 aliphatic heterocycles. The van der Waals surface area contributed by atoms with Crippen LogP contribution >= 0.6 is 0 Å². The number of rotatable bonds is 10. The SMILES string of the molecule is CCCNC(=O)C(F)(F)C(=O)C(NC(=O)Cc1cc(-c2ccccc2)[nH]c(=O)c1N)C(C)C. The fourth-order valence-electron chi connectivity index (χ4n) is 3.13. The molecular formula is C23H28F2N4O4. The molecule has 1 aromatic carbocycles. The first-order valence-electron chi connectivity index (χ1n) is 10.6. The number of carbonyl (C=O) groups excluding carboxylic acids is 3. The summed E-state index contributed by atoms with van der Waals surface area (Å²) in [5.41, 5.74) is 6.31. The zero-order valence-electron chi connectivity index (χ0n) is 18.7. The maximum atomic E-state index is 14.4. The molecule has 0 radical (unpaired) electrons. The van der Waals surface area contributed by atoms with Gasteiger partial charge in [0.05, 0.1) is 12.5 Å². The molecule has 2 aromatic rings. The number of hydrogen-bond donors (Lipinski definition) is 4. The number of nitrogens with two attached hydrogens (primary N) is 1. The molecule has 0 spiro atoms. The number of benzene rings is 1. The second kappa shape index (κ2) is 10.8. The number of alkyl halides is 2. The number of H-pyrrole nitrogens is 1. The molecular weight excluding hydrogens is 434 g/mol. The number of aromatic amines is 1. The lowest BCUT2D eigenvalue weighted by molar-refractivity contribution is -0.161. The van der Waals surface area contributed by atoms with Gasteiger partial charge in [0.15, 0.2) is 0 Å². The topological polar surface area (TPSA) is 134 Å². The van der Waals surface area contributed by atoms with Gasteiger partial charge in [-0.2, -0.15) is 8.78 Å². The lowest BCUT2D eigenvalue weighted by Crippen LogP contribution is -2.56. The monoisotopic (exact) mass is 462 g/mol. The number of anilines is 1. The minimum atomic E-state index is -4.30. The Kier molecular flexibility index (Phi) is 8.44. The van der Waals surface area contributed by atoms with Gasteiger partial charge in [-0.25, -0.2) is 0 Å². The van der Waals surface area contributed by atoms with Crippen LogP contribution in [0.25, 0.3) is 11.3 Å². The van der Waals surface area contributed by atoms with E-state index >= 15 is 0 Å². The number of amides is 2. The summed E-state index contributed by atoms with van der Waals surface area (Å²) < 4.78 is 28.8. The van der Waals surface area contributed by atoms with Gasteiger partial charge in [0.1, 0.15) is 5.69 Å². The summed E-state index contributed by atoms with van der Waals surface area (Å²) in [5, 5.41) is 4.27. The molecule has 5 N–H and O–H groups in total. The highest BCUT2D eigenvalue weighted by Gasteiger charge is 2.50. The van der Waals surface area contributed by atoms with E-state index in [1.807, 2.05) is 5.32 Å². The number of hydrogen-bond acceptors (Lipinski definition) is 5. The van der Waals surface area contributed by atoms with E-state index in [0.717, 1.165) is 0 Å². The minimum absolute atomic E-state index is 0.00795. The molecule has 2 amide bonds. The van der Waals surface area contributed by atoms with Crippen LogP contribution in [0.1, 0.15) is 32.8 Å². The summed E-state index contributed by atoms with van der Waals surface area (Å²) in [5.74, 6) is -9.23. The van der Waals surface area contributed by atoms with Crippen LogP contribution in [-0.4, -0.2) is 41.1 Å². The molecule has 10 heteroatoms. The summed E-state index contributed by atoms with van der Waals surface area (Å²) in [4.78, 5) is 51.7. The van der Waals surface area contributed by atoms with Crippen molar-refractivity contribution in [2.75, 3.05) is 12.3 Å². The predicted octanol–water partition coefficient (Wildman–Crippen LogP) is 2.04. The largest absolute Gasteiger partial charge is 0.394 e. The number of nitrogen functional groups attached to an aromatic ring is 1. The Morgan fingerprint density at radius 2 is 1.79 bits per heavy atom. The van der Waals surface area contributed by atoms with Crippen molar-refractivity contribution in [1.29, 1.82) is 0 Å². The highest BCUT2D eigenvalue weighted by molar-refractivity contribution is 6.10.